The topological polar surface area (TPSA) is 109 Å². The number of anilines is 1. The summed E-state index contributed by atoms with van der Waals surface area (Å²) in [4.78, 5) is 18.0. The molecular formula is C15H15N5O3S. The maximum absolute atomic E-state index is 12.8. The Morgan fingerprint density at radius 2 is 2.12 bits per heavy atom. The van der Waals surface area contributed by atoms with E-state index in [1.54, 1.807) is 30.3 Å². The molecule has 1 aliphatic heterocycles. The second kappa shape index (κ2) is 6.41. The van der Waals surface area contributed by atoms with Gasteiger partial charge in [0.05, 0.1) is 17.5 Å². The third kappa shape index (κ3) is 3.44. The van der Waals surface area contributed by atoms with Crippen molar-refractivity contribution >= 4 is 21.4 Å². The Bertz CT molecular complexity index is 885. The van der Waals surface area contributed by atoms with Crippen LogP contribution in [0.1, 0.15) is 12.2 Å². The molecule has 0 bridgehead atoms. The summed E-state index contributed by atoms with van der Waals surface area (Å²) >= 11 is 0. The summed E-state index contributed by atoms with van der Waals surface area (Å²) in [5.74, 6) is -0.278. The van der Waals surface area contributed by atoms with E-state index in [1.165, 1.54) is 15.9 Å². The highest BCUT2D eigenvalue weighted by Gasteiger charge is 2.35. The van der Waals surface area contributed by atoms with Gasteiger partial charge < -0.3 is 4.90 Å². The molecule has 2 heterocycles. The van der Waals surface area contributed by atoms with Crippen molar-refractivity contribution in [2.75, 3.05) is 16.4 Å². The van der Waals surface area contributed by atoms with Crippen LogP contribution in [0, 0.1) is 11.3 Å². The molecule has 1 fully saturated rings. The van der Waals surface area contributed by atoms with E-state index in [0.29, 0.717) is 12.1 Å². The molecule has 1 amide bonds. The highest BCUT2D eigenvalue weighted by Crippen LogP contribution is 2.24. The fraction of sp³-hybridized carbons (Fsp3) is 0.333. The van der Waals surface area contributed by atoms with Crippen molar-refractivity contribution in [1.29, 1.82) is 5.26 Å². The number of nitriles is 1. The Morgan fingerprint density at radius 1 is 1.38 bits per heavy atom. The highest BCUT2D eigenvalue weighted by molar-refractivity contribution is 7.91. The average Bonchev–Trinajstić information content (AvgIpc) is 3.15. The number of rotatable bonds is 4. The summed E-state index contributed by atoms with van der Waals surface area (Å²) in [5, 5.41) is 12.6. The van der Waals surface area contributed by atoms with E-state index in [9.17, 15) is 13.2 Å². The minimum absolute atomic E-state index is 0.0162. The number of carbonyl (C=O) groups is 1. The largest absolute Gasteiger partial charge is 0.307 e. The van der Waals surface area contributed by atoms with Crippen LogP contribution in [-0.2, 0) is 21.2 Å². The summed E-state index contributed by atoms with van der Waals surface area (Å²) < 4.78 is 24.9. The van der Waals surface area contributed by atoms with Crippen molar-refractivity contribution in [3.8, 4) is 6.07 Å². The predicted molar refractivity (Wildman–Crippen MR) is 85.7 cm³/mol. The molecule has 24 heavy (non-hydrogen) atoms. The summed E-state index contributed by atoms with van der Waals surface area (Å²) in [6, 6.07) is 10.4. The van der Waals surface area contributed by atoms with E-state index in [1.807, 2.05) is 6.07 Å². The second-order valence-corrected chi connectivity index (χ2v) is 7.76. The fourth-order valence-electron chi connectivity index (χ4n) is 2.76. The molecule has 9 heteroatoms. The van der Waals surface area contributed by atoms with Gasteiger partial charge in [-0.05, 0) is 18.6 Å². The number of carbonyl (C=O) groups excluding carboxylic acids is 1. The molecule has 8 nitrogen and oxygen atoms in total. The zero-order valence-corrected chi connectivity index (χ0v) is 13.6. The molecule has 1 unspecified atom stereocenters. The SMILES string of the molecule is N#Cc1ncn(CC(=O)N(c2ccccc2)C2CCS(=O)(=O)C2)n1. The van der Waals surface area contributed by atoms with Gasteiger partial charge in [0, 0.05) is 5.69 Å². The molecule has 1 atom stereocenters. The predicted octanol–water partition coefficient (Wildman–Crippen LogP) is 0.370. The van der Waals surface area contributed by atoms with Crippen LogP contribution in [0.15, 0.2) is 36.7 Å². The van der Waals surface area contributed by atoms with Crippen LogP contribution >= 0.6 is 0 Å². The molecular weight excluding hydrogens is 330 g/mol. The Morgan fingerprint density at radius 3 is 2.71 bits per heavy atom. The average molecular weight is 345 g/mol. The number of nitrogens with zero attached hydrogens (tertiary/aromatic N) is 5. The summed E-state index contributed by atoms with van der Waals surface area (Å²) in [7, 11) is -3.13. The first kappa shape index (κ1) is 16.1. The van der Waals surface area contributed by atoms with Gasteiger partial charge in [-0.25, -0.2) is 18.1 Å². The van der Waals surface area contributed by atoms with E-state index in [-0.39, 0.29) is 29.8 Å². The molecule has 1 aromatic carbocycles. The van der Waals surface area contributed by atoms with E-state index in [4.69, 9.17) is 5.26 Å². The number of amides is 1. The van der Waals surface area contributed by atoms with Crippen LogP contribution in [0.4, 0.5) is 5.69 Å². The van der Waals surface area contributed by atoms with Crippen molar-refractivity contribution in [3.05, 3.63) is 42.5 Å². The standard InChI is InChI=1S/C15H15N5O3S/c16-8-14-17-11-19(18-14)9-15(21)20(12-4-2-1-3-5-12)13-6-7-24(22,23)10-13/h1-5,11,13H,6-7,9-10H2. The van der Waals surface area contributed by atoms with Gasteiger partial charge in [-0.3, -0.25) is 4.79 Å². The number of hydrogen-bond donors (Lipinski definition) is 0. The first-order chi connectivity index (χ1) is 11.5. The molecule has 1 aliphatic rings. The maximum Gasteiger partial charge on any atom is 0.252 e. The molecule has 0 N–H and O–H groups in total. The van der Waals surface area contributed by atoms with Gasteiger partial charge >= 0.3 is 0 Å². The van der Waals surface area contributed by atoms with Gasteiger partial charge in [0.15, 0.2) is 9.84 Å². The Hall–Kier alpha value is -2.73. The smallest absolute Gasteiger partial charge is 0.252 e. The monoisotopic (exact) mass is 345 g/mol. The van der Waals surface area contributed by atoms with Gasteiger partial charge in [-0.2, -0.15) is 5.26 Å². The molecule has 1 saturated heterocycles. The van der Waals surface area contributed by atoms with Crippen LogP contribution in [0.25, 0.3) is 0 Å². The van der Waals surface area contributed by atoms with Gasteiger partial charge in [-0.1, -0.05) is 18.2 Å². The summed E-state index contributed by atoms with van der Waals surface area (Å²) in [6.45, 7) is -0.111. The molecule has 0 saturated carbocycles. The van der Waals surface area contributed by atoms with Crippen LogP contribution in [0.5, 0.6) is 0 Å². The molecule has 124 valence electrons. The Labute approximate surface area is 139 Å². The number of hydrogen-bond acceptors (Lipinski definition) is 6. The van der Waals surface area contributed by atoms with E-state index in [2.05, 4.69) is 10.1 Å². The fourth-order valence-corrected chi connectivity index (χ4v) is 4.46. The first-order valence-corrected chi connectivity index (χ1v) is 9.18. The molecule has 0 radical (unpaired) electrons. The molecule has 3 rings (SSSR count). The Kier molecular flexibility index (Phi) is 4.31. The van der Waals surface area contributed by atoms with Gasteiger partial charge in [0.2, 0.25) is 5.91 Å². The number of aromatic nitrogens is 3. The van der Waals surface area contributed by atoms with Crippen molar-refractivity contribution in [2.24, 2.45) is 0 Å². The van der Waals surface area contributed by atoms with Crippen LogP contribution in [0.2, 0.25) is 0 Å². The lowest BCUT2D eigenvalue weighted by Crippen LogP contribution is -2.43. The zero-order valence-electron chi connectivity index (χ0n) is 12.7. The van der Waals surface area contributed by atoms with E-state index in [0.717, 1.165) is 0 Å². The lowest BCUT2D eigenvalue weighted by Gasteiger charge is -2.28. The number of benzene rings is 1. The van der Waals surface area contributed by atoms with Gasteiger partial charge in [0.25, 0.3) is 5.82 Å². The molecule has 0 aliphatic carbocycles. The highest BCUT2D eigenvalue weighted by atomic mass is 32.2. The van der Waals surface area contributed by atoms with Crippen LogP contribution in [0.3, 0.4) is 0 Å². The zero-order chi connectivity index (χ0) is 17.2. The minimum Gasteiger partial charge on any atom is -0.307 e. The lowest BCUT2D eigenvalue weighted by atomic mass is 10.2. The number of para-hydroxylation sites is 1. The van der Waals surface area contributed by atoms with Gasteiger partial charge in [0.1, 0.15) is 18.9 Å². The van der Waals surface area contributed by atoms with Crippen molar-refractivity contribution in [3.63, 3.8) is 0 Å². The second-order valence-electron chi connectivity index (χ2n) is 5.53. The van der Waals surface area contributed by atoms with Crippen molar-refractivity contribution < 1.29 is 13.2 Å². The minimum atomic E-state index is -3.13. The normalized spacial score (nSPS) is 18.9. The Balaban J connectivity index is 1.87. The third-order valence-electron chi connectivity index (χ3n) is 3.81. The number of sulfone groups is 1. The summed E-state index contributed by atoms with van der Waals surface area (Å²) in [6.07, 6.45) is 1.72. The first-order valence-electron chi connectivity index (χ1n) is 7.35. The maximum atomic E-state index is 12.8. The quantitative estimate of drug-likeness (QED) is 0.792. The molecule has 0 spiro atoms. The van der Waals surface area contributed by atoms with Crippen molar-refractivity contribution in [2.45, 2.75) is 19.0 Å². The molecule has 1 aromatic heterocycles. The molecule has 2 aromatic rings. The van der Waals surface area contributed by atoms with Crippen LogP contribution < -0.4 is 4.90 Å². The lowest BCUT2D eigenvalue weighted by molar-refractivity contribution is -0.119. The van der Waals surface area contributed by atoms with Crippen LogP contribution in [-0.4, -0.2) is 46.6 Å². The van der Waals surface area contributed by atoms with E-state index < -0.39 is 15.9 Å². The van der Waals surface area contributed by atoms with Gasteiger partial charge in [-0.15, -0.1) is 5.10 Å². The van der Waals surface area contributed by atoms with Crippen molar-refractivity contribution in [1.82, 2.24) is 14.8 Å². The van der Waals surface area contributed by atoms with E-state index >= 15 is 0 Å². The summed E-state index contributed by atoms with van der Waals surface area (Å²) in [5.41, 5.74) is 0.644. The third-order valence-corrected chi connectivity index (χ3v) is 5.56.